The lowest BCUT2D eigenvalue weighted by Crippen LogP contribution is -2.55. The summed E-state index contributed by atoms with van der Waals surface area (Å²) in [5, 5.41) is 13.9. The van der Waals surface area contributed by atoms with E-state index in [4.69, 9.17) is 23.2 Å². The molecule has 2 N–H and O–H groups in total. The van der Waals surface area contributed by atoms with Crippen LogP contribution in [0.15, 0.2) is 12.4 Å². The number of carbonyl (C=O) groups excluding carboxylic acids is 2. The maximum atomic E-state index is 12.3. The first-order valence-electron chi connectivity index (χ1n) is 13.8. The first-order chi connectivity index (χ1) is 18.8. The van der Waals surface area contributed by atoms with Crippen LogP contribution >= 0.6 is 23.2 Å². The molecule has 2 fully saturated rings. The molecule has 4 heterocycles. The molecule has 2 aromatic rings. The first-order valence-corrected chi connectivity index (χ1v) is 14.5. The summed E-state index contributed by atoms with van der Waals surface area (Å²) in [5.41, 5.74) is 0.988. The minimum Gasteiger partial charge on any atom is -0.340 e. The second kappa shape index (κ2) is 11.8. The molecule has 2 atom stereocenters. The van der Waals surface area contributed by atoms with Crippen molar-refractivity contribution in [1.82, 2.24) is 19.9 Å². The van der Waals surface area contributed by atoms with Crippen LogP contribution in [0.5, 0.6) is 0 Å². The summed E-state index contributed by atoms with van der Waals surface area (Å²) in [6, 6.07) is 0.131. The number of amides is 2. The normalized spacial score (nSPS) is 23.4. The van der Waals surface area contributed by atoms with Crippen molar-refractivity contribution < 1.29 is 14.8 Å². The Bertz CT molecular complexity index is 1220. The van der Waals surface area contributed by atoms with Crippen LogP contribution in [0.3, 0.4) is 0 Å². The fourth-order valence-electron chi connectivity index (χ4n) is 6.31. The second-order valence-corrected chi connectivity index (χ2v) is 11.1. The fraction of sp³-hybridized carbons (Fsp3) is 0.615. The Morgan fingerprint density at radius 1 is 0.846 bits per heavy atom. The van der Waals surface area contributed by atoms with E-state index in [-0.39, 0.29) is 40.5 Å². The zero-order chi connectivity index (χ0) is 27.7. The lowest BCUT2D eigenvalue weighted by atomic mass is 10.0. The predicted molar refractivity (Wildman–Crippen MR) is 150 cm³/mol. The molecule has 0 spiro atoms. The lowest BCUT2D eigenvalue weighted by molar-refractivity contribution is -0.125. The van der Waals surface area contributed by atoms with E-state index in [0.717, 1.165) is 50.8 Å². The quantitative estimate of drug-likeness (QED) is 0.381. The zero-order valence-corrected chi connectivity index (χ0v) is 23.7. The third-order valence-electron chi connectivity index (χ3n) is 8.11. The van der Waals surface area contributed by atoms with E-state index < -0.39 is 0 Å². The molecule has 210 valence electrons. The molecule has 0 aromatic carbocycles. The third-order valence-corrected chi connectivity index (χ3v) is 8.48. The summed E-state index contributed by atoms with van der Waals surface area (Å²) in [6.45, 7) is 3.96. The van der Waals surface area contributed by atoms with Gasteiger partial charge in [0.2, 0.25) is 16.5 Å². The molecule has 2 aliphatic carbocycles. The Morgan fingerprint density at radius 2 is 1.36 bits per heavy atom. The fourth-order valence-corrected chi connectivity index (χ4v) is 6.57. The molecular formula is C26H34Cl2N8O3. The van der Waals surface area contributed by atoms with Crippen molar-refractivity contribution in [2.24, 2.45) is 0 Å². The van der Waals surface area contributed by atoms with Gasteiger partial charge in [0.25, 0.3) is 5.91 Å². The number of rotatable bonds is 4. The van der Waals surface area contributed by atoms with E-state index in [1.54, 1.807) is 6.20 Å². The molecule has 0 radical (unpaired) electrons. The Balaban J connectivity index is 0.000000158. The summed E-state index contributed by atoms with van der Waals surface area (Å²) in [5.74, 6) is 1.05. The number of carbonyl (C=O) groups is 2. The van der Waals surface area contributed by atoms with Gasteiger partial charge in [-0.1, -0.05) is 39.5 Å². The van der Waals surface area contributed by atoms with Gasteiger partial charge in [0.05, 0.1) is 12.4 Å². The molecule has 13 heteroatoms. The van der Waals surface area contributed by atoms with Crippen molar-refractivity contribution in [3.05, 3.63) is 23.0 Å². The molecule has 0 saturated heterocycles. The summed E-state index contributed by atoms with van der Waals surface area (Å²) in [6.07, 6.45) is 13.4. The van der Waals surface area contributed by atoms with Crippen molar-refractivity contribution in [1.29, 1.82) is 0 Å². The van der Waals surface area contributed by atoms with E-state index >= 15 is 0 Å². The maximum absolute atomic E-state index is 12.3. The van der Waals surface area contributed by atoms with Gasteiger partial charge in [-0.3, -0.25) is 14.8 Å². The summed E-state index contributed by atoms with van der Waals surface area (Å²) < 4.78 is 0. The Morgan fingerprint density at radius 3 is 1.92 bits per heavy atom. The van der Waals surface area contributed by atoms with Crippen molar-refractivity contribution >= 4 is 58.0 Å². The highest BCUT2D eigenvalue weighted by atomic mass is 35.5. The number of hydroxylamine groups is 1. The number of hydrogen-bond donors (Lipinski definition) is 2. The van der Waals surface area contributed by atoms with Crippen molar-refractivity contribution in [2.45, 2.75) is 102 Å². The van der Waals surface area contributed by atoms with Crippen LogP contribution in [-0.2, 0) is 9.59 Å². The topological polar surface area (TPSA) is 128 Å². The average molecular weight is 578 g/mol. The van der Waals surface area contributed by atoms with Crippen molar-refractivity contribution in [3.8, 4) is 0 Å². The smallest absolute Gasteiger partial charge is 0.273 e. The zero-order valence-electron chi connectivity index (χ0n) is 22.2. The number of hydrogen-bond acceptors (Lipinski definition) is 9. The highest BCUT2D eigenvalue weighted by Gasteiger charge is 2.42. The molecule has 2 saturated carbocycles. The van der Waals surface area contributed by atoms with Crippen molar-refractivity contribution in [2.75, 3.05) is 20.2 Å². The van der Waals surface area contributed by atoms with Crippen molar-refractivity contribution in [3.63, 3.8) is 0 Å². The van der Waals surface area contributed by atoms with Crippen LogP contribution in [0, 0.1) is 0 Å². The van der Waals surface area contributed by atoms with Gasteiger partial charge in [0, 0.05) is 12.1 Å². The Kier molecular flexibility index (Phi) is 8.39. The van der Waals surface area contributed by atoms with Gasteiger partial charge in [-0.2, -0.15) is 15.0 Å². The minimum absolute atomic E-state index is 0.0350. The number of anilines is 4. The molecule has 11 nitrogen and oxygen atoms in total. The van der Waals surface area contributed by atoms with Crippen LogP contribution < -0.4 is 20.2 Å². The second-order valence-electron chi connectivity index (χ2n) is 10.4. The Labute approximate surface area is 237 Å². The van der Waals surface area contributed by atoms with E-state index in [2.05, 4.69) is 30.2 Å². The maximum Gasteiger partial charge on any atom is 0.273 e. The molecule has 2 aromatic heterocycles. The SMILES string of the molecule is CC[C@@H]1C(=O)N(O)c2cnc(Cl)nc2N1C1CCCC1.CC[C@@H]1C(=O)Nc2cnc(Cl)nc2N1C1CCCC1. The van der Waals surface area contributed by atoms with Gasteiger partial charge in [-0.05, 0) is 61.7 Å². The Hall–Kier alpha value is -2.76. The minimum atomic E-state index is -0.387. The van der Waals surface area contributed by atoms with Gasteiger partial charge in [0.15, 0.2) is 11.6 Å². The molecule has 2 amide bonds. The number of halogens is 2. The molecule has 4 aliphatic rings. The molecule has 39 heavy (non-hydrogen) atoms. The van der Waals surface area contributed by atoms with Crippen LogP contribution in [0.4, 0.5) is 23.0 Å². The van der Waals surface area contributed by atoms with Crippen LogP contribution in [0.25, 0.3) is 0 Å². The number of nitrogens with one attached hydrogen (secondary N) is 1. The molecule has 6 rings (SSSR count). The number of aromatic nitrogens is 4. The summed E-state index contributed by atoms with van der Waals surface area (Å²) >= 11 is 11.8. The standard InChI is InChI=1S/C13H17ClN4O2.C13H17ClN4O/c1-2-9-12(19)18(20)10-7-15-13(14)16-11(10)17(9)8-5-3-4-6-8;1-2-10-12(19)16-9-7-15-13(14)17-11(9)18(10)8-5-3-4-6-8/h7-9,20H,2-6H2,1H3;7-8,10H,2-6H2,1H3,(H,16,19)/t9-;10-/m11/s1. The summed E-state index contributed by atoms with van der Waals surface area (Å²) in [7, 11) is 0. The molecular weight excluding hydrogens is 543 g/mol. The van der Waals surface area contributed by atoms with E-state index in [1.165, 1.54) is 19.0 Å². The highest BCUT2D eigenvalue weighted by Crippen LogP contribution is 2.40. The van der Waals surface area contributed by atoms with E-state index in [9.17, 15) is 14.8 Å². The molecule has 0 bridgehead atoms. The van der Waals surface area contributed by atoms with E-state index in [1.807, 2.05) is 18.7 Å². The molecule has 2 aliphatic heterocycles. The summed E-state index contributed by atoms with van der Waals surface area (Å²) in [4.78, 5) is 45.1. The largest absolute Gasteiger partial charge is 0.340 e. The predicted octanol–water partition coefficient (Wildman–Crippen LogP) is 5.00. The number of fused-ring (bicyclic) bond motifs is 2. The van der Waals surface area contributed by atoms with Gasteiger partial charge in [-0.25, -0.2) is 9.97 Å². The van der Waals surface area contributed by atoms with Gasteiger partial charge < -0.3 is 15.1 Å². The lowest BCUT2D eigenvalue weighted by Gasteiger charge is -2.42. The van der Waals surface area contributed by atoms with E-state index in [0.29, 0.717) is 34.7 Å². The highest BCUT2D eigenvalue weighted by molar-refractivity contribution is 6.28. The third kappa shape index (κ3) is 5.36. The number of nitrogens with zero attached hydrogens (tertiary/aromatic N) is 7. The first kappa shape index (κ1) is 27.8. The van der Waals surface area contributed by atoms with Crippen LogP contribution in [0.1, 0.15) is 78.1 Å². The van der Waals surface area contributed by atoms with Gasteiger partial charge in [-0.15, -0.1) is 0 Å². The monoisotopic (exact) mass is 576 g/mol. The molecule has 0 unspecified atom stereocenters. The van der Waals surface area contributed by atoms with Crippen LogP contribution in [-0.4, -0.2) is 61.1 Å². The van der Waals surface area contributed by atoms with Gasteiger partial charge >= 0.3 is 0 Å². The van der Waals surface area contributed by atoms with Gasteiger partial charge in [0.1, 0.15) is 23.5 Å². The average Bonchev–Trinajstić information content (AvgIpc) is 3.65. The van der Waals surface area contributed by atoms with Crippen LogP contribution in [0.2, 0.25) is 10.6 Å².